The van der Waals surface area contributed by atoms with Crippen LogP contribution >= 0.6 is 7.29 Å². The second kappa shape index (κ2) is 10.0. The normalized spacial score (nSPS) is 18.0. The van der Waals surface area contributed by atoms with E-state index in [-0.39, 0.29) is 17.0 Å². The molecule has 164 valence electrons. The molecule has 5 rings (SSSR count). The quantitative estimate of drug-likeness (QED) is 0.301. The number of amidine groups is 1. The highest BCUT2D eigenvalue weighted by Gasteiger charge is 2.47. The minimum absolute atomic E-state index is 0. The lowest BCUT2D eigenvalue weighted by Crippen LogP contribution is -3.00. The molecule has 32 heavy (non-hydrogen) atoms. The number of hydrogen-bond acceptors (Lipinski definition) is 1. The lowest BCUT2D eigenvalue weighted by atomic mass is 10.1. The standard InChI is InChI=1S/C27H28N2OP.BrH/c30-31(25-16-8-3-9-17-25,29-21-11-20-28-19-10-18-27(28)29)26(24-14-6-2-7-15-24)22-23-12-4-1-5-13-23;/h1-9,12-17,22H,10-11,18-21H2;1H/q+1;/p-1/b26-22+;. The molecule has 0 radical (unpaired) electrons. The van der Waals surface area contributed by atoms with Crippen LogP contribution in [0, 0.1) is 0 Å². The molecule has 0 aromatic heterocycles. The summed E-state index contributed by atoms with van der Waals surface area (Å²) >= 11 is 0. The van der Waals surface area contributed by atoms with E-state index < -0.39 is 7.29 Å². The van der Waals surface area contributed by atoms with Gasteiger partial charge in [0, 0.05) is 6.42 Å². The Kier molecular flexibility index (Phi) is 7.13. The van der Waals surface area contributed by atoms with E-state index in [1.807, 2.05) is 66.7 Å². The summed E-state index contributed by atoms with van der Waals surface area (Å²) in [6.45, 7) is 2.98. The van der Waals surface area contributed by atoms with E-state index in [9.17, 15) is 0 Å². The summed E-state index contributed by atoms with van der Waals surface area (Å²) in [7, 11) is -3.10. The largest absolute Gasteiger partial charge is 1.00 e. The van der Waals surface area contributed by atoms with Gasteiger partial charge in [-0.3, -0.25) is 9.14 Å². The fourth-order valence-electron chi connectivity index (χ4n) is 4.79. The van der Waals surface area contributed by atoms with Crippen molar-refractivity contribution in [1.82, 2.24) is 4.67 Å². The van der Waals surface area contributed by atoms with Crippen molar-refractivity contribution in [3.05, 3.63) is 102 Å². The lowest BCUT2D eigenvalue weighted by Gasteiger charge is -2.32. The van der Waals surface area contributed by atoms with Crippen LogP contribution in [0.25, 0.3) is 11.4 Å². The first-order valence-corrected chi connectivity index (χ1v) is 12.8. The maximum absolute atomic E-state index is 15.4. The van der Waals surface area contributed by atoms with Gasteiger partial charge in [-0.15, -0.1) is 0 Å². The number of halogens is 1. The summed E-state index contributed by atoms with van der Waals surface area (Å²) in [4.78, 5) is 0. The van der Waals surface area contributed by atoms with Crippen molar-refractivity contribution in [3.63, 3.8) is 0 Å². The van der Waals surface area contributed by atoms with Crippen molar-refractivity contribution >= 4 is 29.8 Å². The summed E-state index contributed by atoms with van der Waals surface area (Å²) in [5, 5.41) is 1.81. The second-order valence-corrected chi connectivity index (χ2v) is 10.8. The first kappa shape index (κ1) is 22.8. The van der Waals surface area contributed by atoms with Crippen molar-refractivity contribution in [2.75, 3.05) is 19.6 Å². The van der Waals surface area contributed by atoms with Gasteiger partial charge in [-0.25, -0.2) is 4.67 Å². The van der Waals surface area contributed by atoms with E-state index >= 15 is 4.57 Å². The van der Waals surface area contributed by atoms with Crippen LogP contribution < -0.4 is 22.3 Å². The fourth-order valence-corrected chi connectivity index (χ4v) is 7.98. The molecule has 1 unspecified atom stereocenters. The van der Waals surface area contributed by atoms with Crippen LogP contribution in [0.5, 0.6) is 0 Å². The molecular formula is C27H28BrN2OP. The summed E-state index contributed by atoms with van der Waals surface area (Å²) < 4.78 is 20.1. The Morgan fingerprint density at radius 2 is 1.41 bits per heavy atom. The highest BCUT2D eigenvalue weighted by atomic mass is 79.9. The monoisotopic (exact) mass is 506 g/mol. The van der Waals surface area contributed by atoms with E-state index in [1.54, 1.807) is 0 Å². The van der Waals surface area contributed by atoms with E-state index in [2.05, 4.69) is 39.6 Å². The smallest absolute Gasteiger partial charge is 0.305 e. The highest BCUT2D eigenvalue weighted by molar-refractivity contribution is 7.79. The van der Waals surface area contributed by atoms with Gasteiger partial charge in [-0.2, -0.15) is 0 Å². The molecule has 0 saturated heterocycles. The van der Waals surface area contributed by atoms with Crippen LogP contribution in [-0.2, 0) is 4.57 Å². The van der Waals surface area contributed by atoms with Crippen molar-refractivity contribution in [1.29, 1.82) is 0 Å². The zero-order chi connectivity index (χ0) is 21.1. The number of benzene rings is 3. The first-order chi connectivity index (χ1) is 15.3. The van der Waals surface area contributed by atoms with Gasteiger partial charge in [0.05, 0.1) is 36.7 Å². The number of hydrogen-bond donors (Lipinski definition) is 0. The van der Waals surface area contributed by atoms with Gasteiger partial charge in [0.25, 0.3) is 5.84 Å². The molecule has 2 aliphatic rings. The molecule has 0 N–H and O–H groups in total. The van der Waals surface area contributed by atoms with Crippen LogP contribution in [0.1, 0.15) is 30.4 Å². The second-order valence-electron chi connectivity index (χ2n) is 8.20. The molecule has 0 amide bonds. The summed E-state index contributed by atoms with van der Waals surface area (Å²) in [5.74, 6) is 1.26. The fraction of sp³-hybridized carbons (Fsp3) is 0.222. The Balaban J connectivity index is 0.00000245. The van der Waals surface area contributed by atoms with Gasteiger partial charge < -0.3 is 17.0 Å². The molecule has 3 aromatic carbocycles. The van der Waals surface area contributed by atoms with Gasteiger partial charge in [0.1, 0.15) is 0 Å². The van der Waals surface area contributed by atoms with Gasteiger partial charge in [-0.05, 0) is 35.8 Å². The Labute approximate surface area is 201 Å². The molecule has 0 fully saturated rings. The average molecular weight is 507 g/mol. The van der Waals surface area contributed by atoms with Crippen LogP contribution in [0.2, 0.25) is 0 Å². The number of rotatable bonds is 5. The molecule has 1 atom stereocenters. The minimum Gasteiger partial charge on any atom is -1.00 e. The van der Waals surface area contributed by atoms with Crippen LogP contribution in [0.4, 0.5) is 0 Å². The Morgan fingerprint density at radius 3 is 2.09 bits per heavy atom. The molecular weight excluding hydrogens is 479 g/mol. The maximum Gasteiger partial charge on any atom is 0.305 e. The number of nitrogens with zero attached hydrogens (tertiary/aromatic N) is 2. The summed E-state index contributed by atoms with van der Waals surface area (Å²) in [6.07, 6.45) is 5.32. The van der Waals surface area contributed by atoms with Gasteiger partial charge in [0.15, 0.2) is 0 Å². The highest BCUT2D eigenvalue weighted by Crippen LogP contribution is 2.62. The predicted octanol–water partition coefficient (Wildman–Crippen LogP) is 2.70. The van der Waals surface area contributed by atoms with Gasteiger partial charge in [-0.1, -0.05) is 78.9 Å². The molecule has 5 heteroatoms. The van der Waals surface area contributed by atoms with Crippen molar-refractivity contribution in [2.24, 2.45) is 0 Å². The van der Waals surface area contributed by atoms with Crippen molar-refractivity contribution in [2.45, 2.75) is 19.3 Å². The third-order valence-corrected chi connectivity index (χ3v) is 9.38. The van der Waals surface area contributed by atoms with E-state index in [0.29, 0.717) is 0 Å². The maximum atomic E-state index is 15.4. The van der Waals surface area contributed by atoms with Crippen LogP contribution in [0.3, 0.4) is 0 Å². The van der Waals surface area contributed by atoms with Crippen LogP contribution in [0.15, 0.2) is 91.0 Å². The Bertz CT molecular complexity index is 1160. The Morgan fingerprint density at radius 1 is 0.812 bits per heavy atom. The zero-order valence-corrected chi connectivity index (χ0v) is 20.6. The molecule has 2 heterocycles. The van der Waals surface area contributed by atoms with Gasteiger partial charge in [0.2, 0.25) is 0 Å². The molecule has 0 saturated carbocycles. The molecule has 0 spiro atoms. The topological polar surface area (TPSA) is 23.3 Å². The molecule has 2 aliphatic heterocycles. The third kappa shape index (κ3) is 4.27. The summed E-state index contributed by atoms with van der Waals surface area (Å²) in [5.41, 5.74) is 2.09. The minimum atomic E-state index is -3.10. The van der Waals surface area contributed by atoms with Crippen molar-refractivity contribution in [3.8, 4) is 0 Å². The third-order valence-electron chi connectivity index (χ3n) is 6.23. The van der Waals surface area contributed by atoms with Crippen molar-refractivity contribution < 1.29 is 26.1 Å². The average Bonchev–Trinajstić information content (AvgIpc) is 3.33. The van der Waals surface area contributed by atoms with Gasteiger partial charge >= 0.3 is 7.29 Å². The lowest BCUT2D eigenvalue weighted by molar-refractivity contribution is -0.528. The van der Waals surface area contributed by atoms with E-state index in [0.717, 1.165) is 60.6 Å². The Hall–Kier alpha value is -2.42. The van der Waals surface area contributed by atoms with Crippen LogP contribution in [-0.4, -0.2) is 34.7 Å². The molecule has 0 aliphatic carbocycles. The summed E-state index contributed by atoms with van der Waals surface area (Å²) in [6, 6.07) is 30.6. The predicted molar refractivity (Wildman–Crippen MR) is 130 cm³/mol. The first-order valence-electron chi connectivity index (χ1n) is 11.1. The SMILES string of the molecule is O=P(/C(=C/c1ccccc1)c1ccccc1)(c1ccccc1)N1CCC[N+]2=C1CCC2.[Br-]. The molecule has 0 bridgehead atoms. The molecule has 3 nitrogen and oxygen atoms in total. The van der Waals surface area contributed by atoms with E-state index in [4.69, 9.17) is 0 Å². The zero-order valence-electron chi connectivity index (χ0n) is 18.1. The molecule has 3 aromatic rings. The van der Waals surface area contributed by atoms with E-state index in [1.165, 1.54) is 5.84 Å².